The Kier molecular flexibility index (Phi) is 2.89. The first-order valence-electron chi connectivity index (χ1n) is 5.10. The Morgan fingerprint density at radius 3 is 3.21 bits per heavy atom. The second-order valence-electron chi connectivity index (χ2n) is 3.46. The average Bonchev–Trinajstić information content (AvgIpc) is 2.26. The molecule has 0 saturated heterocycles. The Balaban J connectivity index is 2.21. The summed E-state index contributed by atoms with van der Waals surface area (Å²) in [5.41, 5.74) is 7.92. The van der Waals surface area contributed by atoms with Gasteiger partial charge in [0.15, 0.2) is 0 Å². The quantitative estimate of drug-likeness (QED) is 0.760. The zero-order valence-electron chi connectivity index (χ0n) is 8.25. The van der Waals surface area contributed by atoms with Crippen molar-refractivity contribution in [3.63, 3.8) is 0 Å². The number of aryl methyl sites for hydroxylation is 1. The highest BCUT2D eigenvalue weighted by Gasteiger charge is 2.12. The number of para-hydroxylation sites is 1. The molecule has 3 nitrogen and oxygen atoms in total. The molecule has 1 aliphatic rings. The molecule has 1 aromatic carbocycles. The fourth-order valence-electron chi connectivity index (χ4n) is 1.77. The summed E-state index contributed by atoms with van der Waals surface area (Å²) in [6, 6.07) is 6.18. The van der Waals surface area contributed by atoms with E-state index in [1.54, 1.807) is 0 Å². The topological polar surface area (TPSA) is 47.3 Å². The highest BCUT2D eigenvalue weighted by atomic mass is 16.5. The molecule has 0 fully saturated rings. The van der Waals surface area contributed by atoms with Crippen molar-refractivity contribution in [2.24, 2.45) is 5.73 Å². The molecule has 14 heavy (non-hydrogen) atoms. The molecule has 2 rings (SSSR count). The van der Waals surface area contributed by atoms with Gasteiger partial charge >= 0.3 is 0 Å². The number of benzene rings is 1. The van der Waals surface area contributed by atoms with Crippen molar-refractivity contribution in [1.82, 2.24) is 0 Å². The number of fused-ring (bicyclic) bond motifs is 1. The molecule has 0 spiro atoms. The number of hydrogen-bond donors (Lipinski definition) is 2. The predicted octanol–water partition coefficient (Wildman–Crippen LogP) is 1.38. The van der Waals surface area contributed by atoms with Crippen LogP contribution in [0.5, 0.6) is 5.75 Å². The van der Waals surface area contributed by atoms with E-state index in [9.17, 15) is 0 Å². The van der Waals surface area contributed by atoms with Gasteiger partial charge in [-0.15, -0.1) is 0 Å². The highest BCUT2D eigenvalue weighted by molar-refractivity contribution is 5.63. The number of nitrogens with one attached hydrogen (secondary N) is 1. The third-order valence-corrected chi connectivity index (χ3v) is 2.41. The first kappa shape index (κ1) is 9.34. The van der Waals surface area contributed by atoms with E-state index in [0.717, 1.165) is 24.4 Å². The first-order valence-corrected chi connectivity index (χ1v) is 5.10. The van der Waals surface area contributed by atoms with E-state index < -0.39 is 0 Å². The zero-order chi connectivity index (χ0) is 9.80. The Labute approximate surface area is 84.3 Å². The molecule has 0 bridgehead atoms. The summed E-state index contributed by atoms with van der Waals surface area (Å²) >= 11 is 0. The van der Waals surface area contributed by atoms with E-state index in [-0.39, 0.29) is 0 Å². The molecule has 0 amide bonds. The molecule has 3 heteroatoms. The smallest absolute Gasteiger partial charge is 0.142 e. The molecule has 1 aliphatic heterocycles. The van der Waals surface area contributed by atoms with E-state index in [1.165, 1.54) is 12.0 Å². The second-order valence-corrected chi connectivity index (χ2v) is 3.46. The zero-order valence-corrected chi connectivity index (χ0v) is 8.25. The molecular weight excluding hydrogens is 176 g/mol. The van der Waals surface area contributed by atoms with Crippen LogP contribution in [0, 0.1) is 0 Å². The third-order valence-electron chi connectivity index (χ3n) is 2.41. The number of ether oxygens (including phenoxy) is 1. The van der Waals surface area contributed by atoms with E-state index in [4.69, 9.17) is 10.5 Å². The third kappa shape index (κ3) is 1.82. The van der Waals surface area contributed by atoms with Crippen LogP contribution in [0.15, 0.2) is 18.2 Å². The van der Waals surface area contributed by atoms with Crippen molar-refractivity contribution < 1.29 is 4.74 Å². The van der Waals surface area contributed by atoms with Crippen LogP contribution >= 0.6 is 0 Å². The Hall–Kier alpha value is -1.22. The van der Waals surface area contributed by atoms with Gasteiger partial charge in [-0.1, -0.05) is 12.1 Å². The summed E-state index contributed by atoms with van der Waals surface area (Å²) < 4.78 is 5.57. The Morgan fingerprint density at radius 1 is 1.43 bits per heavy atom. The minimum absolute atomic E-state index is 0.559. The van der Waals surface area contributed by atoms with Crippen molar-refractivity contribution >= 4 is 5.69 Å². The van der Waals surface area contributed by atoms with Gasteiger partial charge < -0.3 is 15.8 Å². The van der Waals surface area contributed by atoms with Crippen molar-refractivity contribution in [2.75, 3.05) is 25.0 Å². The monoisotopic (exact) mass is 192 g/mol. The van der Waals surface area contributed by atoms with Crippen molar-refractivity contribution in [2.45, 2.75) is 12.8 Å². The van der Waals surface area contributed by atoms with E-state index in [1.807, 2.05) is 12.1 Å². The molecule has 0 radical (unpaired) electrons. The fraction of sp³-hybridized carbons (Fsp3) is 0.455. The maximum Gasteiger partial charge on any atom is 0.142 e. The summed E-state index contributed by atoms with van der Waals surface area (Å²) in [7, 11) is 0. The van der Waals surface area contributed by atoms with Gasteiger partial charge in [0, 0.05) is 13.1 Å². The van der Waals surface area contributed by atoms with E-state index in [2.05, 4.69) is 11.4 Å². The summed E-state index contributed by atoms with van der Waals surface area (Å²) in [6.07, 6.45) is 2.34. The van der Waals surface area contributed by atoms with Gasteiger partial charge in [-0.25, -0.2) is 0 Å². The van der Waals surface area contributed by atoms with E-state index >= 15 is 0 Å². The number of anilines is 1. The van der Waals surface area contributed by atoms with Gasteiger partial charge in [-0.3, -0.25) is 0 Å². The lowest BCUT2D eigenvalue weighted by atomic mass is 10.0. The van der Waals surface area contributed by atoms with Crippen LogP contribution in [-0.4, -0.2) is 19.7 Å². The fourth-order valence-corrected chi connectivity index (χ4v) is 1.77. The van der Waals surface area contributed by atoms with Gasteiger partial charge in [0.25, 0.3) is 0 Å². The molecule has 3 N–H and O–H groups in total. The van der Waals surface area contributed by atoms with Crippen molar-refractivity contribution in [1.29, 1.82) is 0 Å². The molecule has 1 heterocycles. The lowest BCUT2D eigenvalue weighted by Gasteiger charge is -2.20. The minimum Gasteiger partial charge on any atom is -0.490 e. The van der Waals surface area contributed by atoms with Crippen LogP contribution in [0.4, 0.5) is 5.69 Å². The second kappa shape index (κ2) is 4.33. The maximum atomic E-state index is 5.57. The molecular formula is C11H16N2O. The predicted molar refractivity (Wildman–Crippen MR) is 57.8 cm³/mol. The van der Waals surface area contributed by atoms with Crippen LogP contribution in [0.3, 0.4) is 0 Å². The van der Waals surface area contributed by atoms with Crippen molar-refractivity contribution in [3.05, 3.63) is 23.8 Å². The van der Waals surface area contributed by atoms with Gasteiger partial charge in [0.1, 0.15) is 12.4 Å². The van der Waals surface area contributed by atoms with Crippen LogP contribution in [-0.2, 0) is 6.42 Å². The van der Waals surface area contributed by atoms with Gasteiger partial charge in [0.05, 0.1) is 5.69 Å². The number of hydrogen-bond acceptors (Lipinski definition) is 3. The van der Waals surface area contributed by atoms with Crippen LogP contribution in [0.2, 0.25) is 0 Å². The minimum atomic E-state index is 0.559. The van der Waals surface area contributed by atoms with Crippen LogP contribution < -0.4 is 15.8 Å². The Bertz CT molecular complexity index is 312. The molecule has 0 aromatic heterocycles. The van der Waals surface area contributed by atoms with Crippen molar-refractivity contribution in [3.8, 4) is 5.75 Å². The molecule has 0 atom stereocenters. The lowest BCUT2D eigenvalue weighted by Crippen LogP contribution is -2.15. The lowest BCUT2D eigenvalue weighted by molar-refractivity contribution is 0.329. The standard InChI is InChI=1S/C11H16N2O/c12-6-8-14-10-5-1-3-9-4-2-7-13-11(9)10/h1,3,5,13H,2,4,6-8,12H2. The van der Waals surface area contributed by atoms with E-state index in [0.29, 0.717) is 13.2 Å². The first-order chi connectivity index (χ1) is 6.92. The Morgan fingerprint density at radius 2 is 2.36 bits per heavy atom. The number of nitrogens with two attached hydrogens (primary N) is 1. The average molecular weight is 192 g/mol. The van der Waals surface area contributed by atoms with Crippen LogP contribution in [0.25, 0.3) is 0 Å². The summed E-state index contributed by atoms with van der Waals surface area (Å²) in [5.74, 6) is 0.938. The van der Waals surface area contributed by atoms with Gasteiger partial charge in [0.2, 0.25) is 0 Å². The molecule has 0 aliphatic carbocycles. The largest absolute Gasteiger partial charge is 0.490 e. The summed E-state index contributed by atoms with van der Waals surface area (Å²) in [6.45, 7) is 2.18. The SMILES string of the molecule is NCCOc1cccc2c1NCCC2. The van der Waals surface area contributed by atoms with Gasteiger partial charge in [-0.2, -0.15) is 0 Å². The maximum absolute atomic E-state index is 5.57. The normalized spacial score (nSPS) is 14.4. The molecule has 1 aromatic rings. The van der Waals surface area contributed by atoms with Gasteiger partial charge in [-0.05, 0) is 24.5 Å². The molecule has 0 saturated carbocycles. The molecule has 0 unspecified atom stereocenters. The summed E-state index contributed by atoms with van der Waals surface area (Å²) in [5, 5.41) is 3.37. The van der Waals surface area contributed by atoms with Crippen LogP contribution in [0.1, 0.15) is 12.0 Å². The molecule has 76 valence electrons. The number of rotatable bonds is 3. The highest BCUT2D eigenvalue weighted by Crippen LogP contribution is 2.31. The summed E-state index contributed by atoms with van der Waals surface area (Å²) in [4.78, 5) is 0.